The number of carbonyl (C=O) groups is 1. The fraction of sp³-hybridized carbons (Fsp3) is 0.222. The molecule has 1 unspecified atom stereocenters. The fourth-order valence-electron chi connectivity index (χ4n) is 2.63. The normalized spacial score (nSPS) is 11.9. The van der Waals surface area contributed by atoms with Crippen molar-refractivity contribution in [1.82, 2.24) is 19.7 Å². The van der Waals surface area contributed by atoms with Crippen molar-refractivity contribution in [3.8, 4) is 5.69 Å². The first kappa shape index (κ1) is 17.4. The molecule has 26 heavy (non-hydrogen) atoms. The topological polar surface area (TPSA) is 95.0 Å². The molecule has 0 aliphatic heterocycles. The monoisotopic (exact) mass is 353 g/mol. The second kappa shape index (κ2) is 7.64. The predicted octanol–water partition coefficient (Wildman–Crippen LogP) is 2.85. The standard InChI is InChI=1S/C18H19N5O3/c1-14(15-4-6-16(7-5-15)21-10-2-3-11-21)19-18(24)9-13-22-12-8-17(20-22)23(25)26/h2-8,10-12,14H,9,13H2,1H3,(H,19,24). The minimum atomic E-state index is -0.559. The van der Waals surface area contributed by atoms with Crippen molar-refractivity contribution in [2.24, 2.45) is 0 Å². The lowest BCUT2D eigenvalue weighted by atomic mass is 10.1. The maximum Gasteiger partial charge on any atom is 0.389 e. The molecule has 0 saturated heterocycles. The van der Waals surface area contributed by atoms with Gasteiger partial charge in [0.15, 0.2) is 0 Å². The number of hydrogen-bond donors (Lipinski definition) is 1. The number of nitrogens with one attached hydrogen (secondary N) is 1. The van der Waals surface area contributed by atoms with E-state index in [1.807, 2.05) is 60.3 Å². The smallest absolute Gasteiger partial charge is 0.358 e. The fourth-order valence-corrected chi connectivity index (χ4v) is 2.63. The first-order valence-electron chi connectivity index (χ1n) is 8.23. The Bertz CT molecular complexity index is 884. The highest BCUT2D eigenvalue weighted by Crippen LogP contribution is 2.16. The van der Waals surface area contributed by atoms with E-state index in [9.17, 15) is 14.9 Å². The third-order valence-electron chi connectivity index (χ3n) is 4.05. The molecule has 8 nitrogen and oxygen atoms in total. The van der Waals surface area contributed by atoms with Gasteiger partial charge >= 0.3 is 5.82 Å². The van der Waals surface area contributed by atoms with E-state index >= 15 is 0 Å². The summed E-state index contributed by atoms with van der Waals surface area (Å²) in [6.45, 7) is 2.21. The molecule has 3 rings (SSSR count). The number of carbonyl (C=O) groups excluding carboxylic acids is 1. The van der Waals surface area contributed by atoms with Crippen molar-refractivity contribution in [2.75, 3.05) is 0 Å². The molecular formula is C18H19N5O3. The third kappa shape index (κ3) is 4.15. The van der Waals surface area contributed by atoms with Crippen LogP contribution in [0.4, 0.5) is 5.82 Å². The van der Waals surface area contributed by atoms with Gasteiger partial charge in [-0.15, -0.1) is 0 Å². The highest BCUT2D eigenvalue weighted by molar-refractivity contribution is 5.76. The summed E-state index contributed by atoms with van der Waals surface area (Å²) in [5, 5.41) is 17.3. The van der Waals surface area contributed by atoms with Crippen LogP contribution in [0.5, 0.6) is 0 Å². The molecule has 1 N–H and O–H groups in total. The van der Waals surface area contributed by atoms with Gasteiger partial charge in [-0.25, -0.2) is 0 Å². The lowest BCUT2D eigenvalue weighted by Gasteiger charge is -2.15. The van der Waals surface area contributed by atoms with Gasteiger partial charge in [0, 0.05) is 24.5 Å². The molecule has 1 atom stereocenters. The number of amides is 1. The van der Waals surface area contributed by atoms with E-state index in [0.717, 1.165) is 11.3 Å². The zero-order valence-corrected chi connectivity index (χ0v) is 14.3. The summed E-state index contributed by atoms with van der Waals surface area (Å²) < 4.78 is 3.41. The number of hydrogen-bond acceptors (Lipinski definition) is 4. The average Bonchev–Trinajstić information content (AvgIpc) is 3.32. The predicted molar refractivity (Wildman–Crippen MR) is 95.8 cm³/mol. The van der Waals surface area contributed by atoms with Crippen molar-refractivity contribution in [1.29, 1.82) is 0 Å². The number of rotatable bonds is 7. The quantitative estimate of drug-likeness (QED) is 0.522. The molecule has 0 saturated carbocycles. The Morgan fingerprint density at radius 3 is 2.50 bits per heavy atom. The van der Waals surface area contributed by atoms with Gasteiger partial charge in [0.1, 0.15) is 0 Å². The van der Waals surface area contributed by atoms with Gasteiger partial charge in [0.25, 0.3) is 0 Å². The molecule has 0 radical (unpaired) electrons. The first-order valence-corrected chi connectivity index (χ1v) is 8.23. The zero-order valence-electron chi connectivity index (χ0n) is 14.3. The molecule has 0 bridgehead atoms. The number of benzene rings is 1. The van der Waals surface area contributed by atoms with Gasteiger partial charge in [0.2, 0.25) is 5.91 Å². The van der Waals surface area contributed by atoms with Crippen molar-refractivity contribution in [3.63, 3.8) is 0 Å². The molecule has 2 aromatic heterocycles. The summed E-state index contributed by atoms with van der Waals surface area (Å²) in [6, 6.07) is 13.1. The van der Waals surface area contributed by atoms with Crippen LogP contribution in [0.25, 0.3) is 5.69 Å². The Hall–Kier alpha value is -3.42. The molecule has 1 amide bonds. The molecule has 0 spiro atoms. The van der Waals surface area contributed by atoms with Crippen LogP contribution < -0.4 is 5.32 Å². The molecule has 3 aromatic rings. The number of nitrogens with zero attached hydrogens (tertiary/aromatic N) is 4. The Morgan fingerprint density at radius 1 is 1.19 bits per heavy atom. The van der Waals surface area contributed by atoms with Crippen LogP contribution in [-0.2, 0) is 11.3 Å². The maximum absolute atomic E-state index is 12.1. The van der Waals surface area contributed by atoms with Gasteiger partial charge in [-0.2, -0.15) is 4.68 Å². The summed E-state index contributed by atoms with van der Waals surface area (Å²) in [5.41, 5.74) is 2.06. The molecule has 0 aliphatic rings. The van der Waals surface area contributed by atoms with Crippen molar-refractivity contribution in [3.05, 3.63) is 76.7 Å². The lowest BCUT2D eigenvalue weighted by Crippen LogP contribution is -2.27. The highest BCUT2D eigenvalue weighted by atomic mass is 16.6. The molecular weight excluding hydrogens is 334 g/mol. The Balaban J connectivity index is 1.52. The van der Waals surface area contributed by atoms with E-state index in [-0.39, 0.29) is 24.2 Å². The summed E-state index contributed by atoms with van der Waals surface area (Å²) >= 11 is 0. The van der Waals surface area contributed by atoms with Crippen molar-refractivity contribution < 1.29 is 9.72 Å². The van der Waals surface area contributed by atoms with E-state index in [0.29, 0.717) is 6.54 Å². The van der Waals surface area contributed by atoms with E-state index in [2.05, 4.69) is 10.4 Å². The highest BCUT2D eigenvalue weighted by Gasteiger charge is 2.13. The molecule has 1 aromatic carbocycles. The molecule has 2 heterocycles. The lowest BCUT2D eigenvalue weighted by molar-refractivity contribution is -0.389. The van der Waals surface area contributed by atoms with Crippen LogP contribution in [-0.4, -0.2) is 25.2 Å². The van der Waals surface area contributed by atoms with Gasteiger partial charge in [-0.1, -0.05) is 12.1 Å². The zero-order chi connectivity index (χ0) is 18.5. The molecule has 0 fully saturated rings. The minimum absolute atomic E-state index is 0.131. The van der Waals surface area contributed by atoms with Crippen LogP contribution in [0.1, 0.15) is 24.9 Å². The summed E-state index contributed by atoms with van der Waals surface area (Å²) in [6.07, 6.45) is 5.64. The number of nitro groups is 1. The van der Waals surface area contributed by atoms with E-state index in [1.165, 1.54) is 16.9 Å². The number of aryl methyl sites for hydroxylation is 1. The van der Waals surface area contributed by atoms with E-state index in [4.69, 9.17) is 0 Å². The van der Waals surface area contributed by atoms with Crippen LogP contribution in [0.3, 0.4) is 0 Å². The van der Waals surface area contributed by atoms with Gasteiger partial charge in [0.05, 0.1) is 29.9 Å². The van der Waals surface area contributed by atoms with Gasteiger partial charge in [-0.3, -0.25) is 4.79 Å². The summed E-state index contributed by atoms with van der Waals surface area (Å²) in [5.74, 6) is -0.355. The Kier molecular flexibility index (Phi) is 5.12. The van der Waals surface area contributed by atoms with E-state index < -0.39 is 4.92 Å². The molecule has 134 valence electrons. The average molecular weight is 353 g/mol. The van der Waals surface area contributed by atoms with Crippen molar-refractivity contribution >= 4 is 11.7 Å². The largest absolute Gasteiger partial charge is 0.389 e. The first-order chi connectivity index (χ1) is 12.5. The minimum Gasteiger partial charge on any atom is -0.358 e. The van der Waals surface area contributed by atoms with Gasteiger partial charge < -0.3 is 20.0 Å². The van der Waals surface area contributed by atoms with Crippen LogP contribution >= 0.6 is 0 Å². The molecule has 8 heteroatoms. The van der Waals surface area contributed by atoms with Crippen molar-refractivity contribution in [2.45, 2.75) is 25.9 Å². The van der Waals surface area contributed by atoms with Gasteiger partial charge in [-0.05, 0) is 41.7 Å². The van der Waals surface area contributed by atoms with Crippen LogP contribution in [0, 0.1) is 10.1 Å². The second-order valence-corrected chi connectivity index (χ2v) is 5.92. The summed E-state index contributed by atoms with van der Waals surface area (Å²) in [4.78, 5) is 22.1. The summed E-state index contributed by atoms with van der Waals surface area (Å²) in [7, 11) is 0. The van der Waals surface area contributed by atoms with E-state index in [1.54, 1.807) is 0 Å². The van der Waals surface area contributed by atoms with Crippen LogP contribution in [0.15, 0.2) is 61.1 Å². The SMILES string of the molecule is CC(NC(=O)CCn1ccc([N+](=O)[O-])n1)c1ccc(-n2cccc2)cc1. The van der Waals surface area contributed by atoms with Crippen LogP contribution in [0.2, 0.25) is 0 Å². The third-order valence-corrected chi connectivity index (χ3v) is 4.05. The second-order valence-electron chi connectivity index (χ2n) is 5.92. The Morgan fingerprint density at radius 2 is 1.88 bits per heavy atom. The Labute approximate surface area is 150 Å². The number of aromatic nitrogens is 3. The molecule has 0 aliphatic carbocycles. The maximum atomic E-state index is 12.1.